The van der Waals surface area contributed by atoms with Crippen molar-refractivity contribution in [3.8, 4) is 0 Å². The van der Waals surface area contributed by atoms with Gasteiger partial charge in [0.15, 0.2) is 6.10 Å². The number of alkyl halides is 3. The lowest BCUT2D eigenvalue weighted by molar-refractivity contribution is -0.385. The van der Waals surface area contributed by atoms with Gasteiger partial charge in [0.05, 0.1) is 17.1 Å². The van der Waals surface area contributed by atoms with Crippen molar-refractivity contribution in [1.29, 1.82) is 0 Å². The zero-order chi connectivity index (χ0) is 17.1. The molecule has 0 aliphatic heterocycles. The fourth-order valence-corrected chi connectivity index (χ4v) is 1.69. The molecule has 0 radical (unpaired) electrons. The number of aliphatic hydroxyl groups is 2. The lowest BCUT2D eigenvalue weighted by Crippen LogP contribution is -2.31. The van der Waals surface area contributed by atoms with Gasteiger partial charge in [-0.15, -0.1) is 0 Å². The summed E-state index contributed by atoms with van der Waals surface area (Å²) in [5.74, 6) is -1.34. The summed E-state index contributed by atoms with van der Waals surface area (Å²) in [6.07, 6.45) is -9.56. The van der Waals surface area contributed by atoms with Crippen LogP contribution in [-0.2, 0) is 15.7 Å². The maximum absolute atomic E-state index is 12.9. The number of nitro benzene ring substituents is 1. The number of nitro groups is 1. The van der Waals surface area contributed by atoms with Crippen LogP contribution in [0.5, 0.6) is 0 Å². The highest BCUT2D eigenvalue weighted by atomic mass is 19.4. The van der Waals surface area contributed by atoms with Crippen LogP contribution in [0.3, 0.4) is 0 Å². The van der Waals surface area contributed by atoms with Crippen LogP contribution in [0.4, 0.5) is 18.9 Å². The lowest BCUT2D eigenvalue weighted by Gasteiger charge is -2.20. The Morgan fingerprint density at radius 1 is 1.41 bits per heavy atom. The molecule has 0 bridgehead atoms. The van der Waals surface area contributed by atoms with Crippen LogP contribution in [-0.4, -0.2) is 33.8 Å². The first-order valence-electron chi connectivity index (χ1n) is 5.97. The van der Waals surface area contributed by atoms with E-state index in [1.807, 2.05) is 0 Å². The molecule has 0 heterocycles. The van der Waals surface area contributed by atoms with Crippen LogP contribution >= 0.6 is 0 Å². The highest BCUT2D eigenvalue weighted by molar-refractivity contribution is 5.75. The predicted octanol–water partition coefficient (Wildman–Crippen LogP) is 1.57. The first kappa shape index (κ1) is 17.9. The Kier molecular flexibility index (Phi) is 5.44. The number of carbonyl (C=O) groups is 1. The van der Waals surface area contributed by atoms with E-state index in [1.54, 1.807) is 0 Å². The topological polar surface area (TPSA) is 110 Å². The van der Waals surface area contributed by atoms with Crippen LogP contribution < -0.4 is 0 Å². The molecule has 7 nitrogen and oxygen atoms in total. The minimum Gasteiger partial charge on any atom is -0.464 e. The zero-order valence-electron chi connectivity index (χ0n) is 11.2. The number of halogens is 3. The summed E-state index contributed by atoms with van der Waals surface area (Å²) in [5.41, 5.74) is -3.10. The molecule has 10 heteroatoms. The number of benzene rings is 1. The maximum Gasteiger partial charge on any atom is 0.416 e. The van der Waals surface area contributed by atoms with Gasteiger partial charge in [-0.2, -0.15) is 13.2 Å². The molecule has 0 amide bonds. The van der Waals surface area contributed by atoms with Crippen molar-refractivity contribution in [3.05, 3.63) is 39.4 Å². The molecule has 22 heavy (non-hydrogen) atoms. The fraction of sp³-hybridized carbons (Fsp3) is 0.417. The largest absolute Gasteiger partial charge is 0.464 e. The minimum atomic E-state index is -4.93. The quantitative estimate of drug-likeness (QED) is 0.483. The fourth-order valence-electron chi connectivity index (χ4n) is 1.69. The van der Waals surface area contributed by atoms with Gasteiger partial charge in [0, 0.05) is 17.7 Å². The van der Waals surface area contributed by atoms with E-state index in [2.05, 4.69) is 4.74 Å². The maximum atomic E-state index is 12.9. The molecule has 1 aromatic carbocycles. The molecular formula is C12H12F3NO6. The average molecular weight is 323 g/mol. The highest BCUT2D eigenvalue weighted by Crippen LogP contribution is 2.37. The van der Waals surface area contributed by atoms with E-state index in [0.29, 0.717) is 18.2 Å². The summed E-state index contributed by atoms with van der Waals surface area (Å²) in [5, 5.41) is 29.9. The van der Waals surface area contributed by atoms with Gasteiger partial charge in [0.2, 0.25) is 0 Å². The van der Waals surface area contributed by atoms with Crippen LogP contribution in [0, 0.1) is 10.1 Å². The molecule has 1 rings (SSSR count). The highest BCUT2D eigenvalue weighted by Gasteiger charge is 2.39. The smallest absolute Gasteiger partial charge is 0.416 e. The van der Waals surface area contributed by atoms with Gasteiger partial charge in [-0.05, 0) is 13.0 Å². The number of nitrogens with zero attached hydrogens (tertiary/aromatic N) is 1. The Balaban J connectivity index is 3.32. The number of aliphatic hydroxyl groups excluding tert-OH is 2. The van der Waals surface area contributed by atoms with Crippen molar-refractivity contribution in [1.82, 2.24) is 0 Å². The van der Waals surface area contributed by atoms with Crippen LogP contribution in [0.15, 0.2) is 18.2 Å². The van der Waals surface area contributed by atoms with Crippen molar-refractivity contribution in [2.24, 2.45) is 0 Å². The van der Waals surface area contributed by atoms with Crippen LogP contribution in [0.1, 0.15) is 24.2 Å². The number of rotatable bonds is 5. The van der Waals surface area contributed by atoms with Gasteiger partial charge in [0.1, 0.15) is 6.10 Å². The molecule has 122 valence electrons. The molecule has 0 aromatic heterocycles. The first-order chi connectivity index (χ1) is 10.1. The van der Waals surface area contributed by atoms with Gasteiger partial charge in [-0.1, -0.05) is 0 Å². The van der Waals surface area contributed by atoms with Crippen molar-refractivity contribution < 1.29 is 37.8 Å². The molecular weight excluding hydrogens is 311 g/mol. The summed E-state index contributed by atoms with van der Waals surface area (Å²) in [4.78, 5) is 21.0. The SMILES string of the molecule is CCOC(=O)C(O)C(O)c1cc([N+](=O)[O-])ccc1C(F)(F)F. The van der Waals surface area contributed by atoms with Crippen molar-refractivity contribution >= 4 is 11.7 Å². The number of non-ortho nitro benzene ring substituents is 1. The molecule has 0 spiro atoms. The van der Waals surface area contributed by atoms with E-state index in [4.69, 9.17) is 0 Å². The molecule has 0 saturated heterocycles. The van der Waals surface area contributed by atoms with E-state index in [0.717, 1.165) is 0 Å². The van der Waals surface area contributed by atoms with Gasteiger partial charge >= 0.3 is 12.1 Å². The van der Waals surface area contributed by atoms with Crippen LogP contribution in [0.2, 0.25) is 0 Å². The summed E-state index contributed by atoms with van der Waals surface area (Å²) < 4.78 is 43.0. The lowest BCUT2D eigenvalue weighted by atomic mass is 9.97. The summed E-state index contributed by atoms with van der Waals surface area (Å²) >= 11 is 0. The van der Waals surface area contributed by atoms with E-state index < -0.39 is 46.1 Å². The molecule has 0 fully saturated rings. The second-order valence-electron chi connectivity index (χ2n) is 4.17. The Hall–Kier alpha value is -2.20. The average Bonchev–Trinajstić information content (AvgIpc) is 2.44. The number of hydrogen-bond donors (Lipinski definition) is 2. The normalized spacial score (nSPS) is 14.3. The molecule has 2 N–H and O–H groups in total. The predicted molar refractivity (Wildman–Crippen MR) is 65.7 cm³/mol. The van der Waals surface area contributed by atoms with Crippen LogP contribution in [0.25, 0.3) is 0 Å². The molecule has 2 unspecified atom stereocenters. The Bertz CT molecular complexity index is 574. The van der Waals surface area contributed by atoms with Gasteiger partial charge in [-0.3, -0.25) is 10.1 Å². The van der Waals surface area contributed by atoms with Gasteiger partial charge < -0.3 is 14.9 Å². The number of ether oxygens (including phenoxy) is 1. The Labute approximate surface area is 122 Å². The Morgan fingerprint density at radius 2 is 2.00 bits per heavy atom. The summed E-state index contributed by atoms with van der Waals surface area (Å²) in [6, 6.07) is 1.46. The second-order valence-corrected chi connectivity index (χ2v) is 4.17. The Morgan fingerprint density at radius 3 is 2.45 bits per heavy atom. The molecule has 1 aromatic rings. The minimum absolute atomic E-state index is 0.163. The summed E-state index contributed by atoms with van der Waals surface area (Å²) in [6.45, 7) is 1.23. The van der Waals surface area contributed by atoms with Crippen molar-refractivity contribution in [3.63, 3.8) is 0 Å². The second kappa shape index (κ2) is 6.71. The standard InChI is InChI=1S/C12H12F3NO6/c1-2-22-11(19)10(18)9(17)7-5-6(16(20)21)3-4-8(7)12(13,14)15/h3-5,9-10,17-18H,2H2,1H3. The molecule has 0 aliphatic carbocycles. The van der Waals surface area contributed by atoms with E-state index in [1.165, 1.54) is 6.92 Å². The number of hydrogen-bond acceptors (Lipinski definition) is 6. The zero-order valence-corrected chi connectivity index (χ0v) is 11.2. The third-order valence-corrected chi connectivity index (χ3v) is 2.70. The summed E-state index contributed by atoms with van der Waals surface area (Å²) in [7, 11) is 0. The van der Waals surface area contributed by atoms with Gasteiger partial charge in [0.25, 0.3) is 5.69 Å². The van der Waals surface area contributed by atoms with Gasteiger partial charge in [-0.25, -0.2) is 4.79 Å². The third kappa shape index (κ3) is 3.92. The molecule has 0 saturated carbocycles. The van der Waals surface area contributed by atoms with E-state index in [-0.39, 0.29) is 6.61 Å². The van der Waals surface area contributed by atoms with Crippen molar-refractivity contribution in [2.45, 2.75) is 25.3 Å². The molecule has 0 aliphatic rings. The van der Waals surface area contributed by atoms with Crippen molar-refractivity contribution in [2.75, 3.05) is 6.61 Å². The molecule has 2 atom stereocenters. The van der Waals surface area contributed by atoms with E-state index in [9.17, 15) is 38.3 Å². The number of carbonyl (C=O) groups excluding carboxylic acids is 1. The third-order valence-electron chi connectivity index (χ3n) is 2.70. The number of esters is 1. The first-order valence-corrected chi connectivity index (χ1v) is 5.97. The monoisotopic (exact) mass is 323 g/mol. The van der Waals surface area contributed by atoms with E-state index >= 15 is 0 Å².